The summed E-state index contributed by atoms with van der Waals surface area (Å²) in [6.07, 6.45) is -2.38. The van der Waals surface area contributed by atoms with Gasteiger partial charge in [0.2, 0.25) is 0 Å². The van der Waals surface area contributed by atoms with Crippen LogP contribution in [0.2, 0.25) is 0 Å². The van der Waals surface area contributed by atoms with E-state index in [1.165, 1.54) is 0 Å². The van der Waals surface area contributed by atoms with E-state index in [4.69, 9.17) is 19.3 Å². The van der Waals surface area contributed by atoms with Crippen LogP contribution in [0.4, 0.5) is 0 Å². The van der Waals surface area contributed by atoms with E-state index in [-0.39, 0.29) is 0 Å². The van der Waals surface area contributed by atoms with Gasteiger partial charge in [-0.3, -0.25) is 4.79 Å². The molecular weight excluding hydrogens is 204 g/mol. The predicted molar refractivity (Wildman–Crippen MR) is 46.8 cm³/mol. The molecule has 15 heavy (non-hydrogen) atoms. The zero-order chi connectivity index (χ0) is 11.3. The maximum absolute atomic E-state index is 10.8. The van der Waals surface area contributed by atoms with Gasteiger partial charge in [0.15, 0.2) is 24.0 Å². The monoisotopic (exact) mass is 218 g/mol. The lowest BCUT2D eigenvalue weighted by atomic mass is 9.98. The van der Waals surface area contributed by atoms with Gasteiger partial charge in [-0.25, -0.2) is 0 Å². The van der Waals surface area contributed by atoms with Gasteiger partial charge in [0.1, 0.15) is 12.2 Å². The number of aliphatic hydroxyl groups is 2. The average molecular weight is 218 g/mol. The van der Waals surface area contributed by atoms with Crippen LogP contribution in [-0.2, 0) is 19.0 Å². The fraction of sp³-hybridized carbons (Fsp3) is 0.889. The zero-order valence-electron chi connectivity index (χ0n) is 8.54. The van der Waals surface area contributed by atoms with Gasteiger partial charge in [0.05, 0.1) is 6.61 Å². The van der Waals surface area contributed by atoms with E-state index in [1.54, 1.807) is 13.8 Å². The Hall–Kier alpha value is -0.530. The van der Waals surface area contributed by atoms with Crippen molar-refractivity contribution in [2.45, 2.75) is 43.7 Å². The minimum Gasteiger partial charge on any atom is -0.393 e. The number of carbonyl (C=O) groups excluding carboxylic acids is 1. The molecule has 0 saturated carbocycles. The van der Waals surface area contributed by atoms with E-state index in [0.29, 0.717) is 6.29 Å². The first-order chi connectivity index (χ1) is 6.94. The minimum absolute atomic E-state index is 0.385. The van der Waals surface area contributed by atoms with Gasteiger partial charge in [-0.05, 0) is 13.8 Å². The third-order valence-electron chi connectivity index (χ3n) is 2.68. The molecule has 0 aromatic carbocycles. The molecule has 2 fully saturated rings. The lowest BCUT2D eigenvalue weighted by Gasteiger charge is -2.27. The first-order valence-electron chi connectivity index (χ1n) is 4.73. The normalized spacial score (nSPS) is 47.9. The van der Waals surface area contributed by atoms with E-state index in [2.05, 4.69) is 0 Å². The highest BCUT2D eigenvalue weighted by molar-refractivity contribution is 5.65. The molecule has 6 nitrogen and oxygen atoms in total. The van der Waals surface area contributed by atoms with Crippen LogP contribution in [0.3, 0.4) is 0 Å². The maximum Gasteiger partial charge on any atom is 0.191 e. The van der Waals surface area contributed by atoms with Crippen molar-refractivity contribution in [1.29, 1.82) is 0 Å². The number of rotatable bonds is 2. The summed E-state index contributed by atoms with van der Waals surface area (Å²) in [5.41, 5.74) is -1.62. The fourth-order valence-corrected chi connectivity index (χ4v) is 1.89. The summed E-state index contributed by atoms with van der Waals surface area (Å²) in [5, 5.41) is 18.9. The third-order valence-corrected chi connectivity index (χ3v) is 2.68. The lowest BCUT2D eigenvalue weighted by Crippen LogP contribution is -2.49. The second-order valence-electron chi connectivity index (χ2n) is 4.26. The molecule has 6 heteroatoms. The molecule has 2 aliphatic heterocycles. The standard InChI is InChI=1S/C9H14O6/c1-8(2)13-5-6(12)9(3-10,4-11)15-7(5)14-8/h3,5-7,11-12H,4H2,1-2H3/t5-,6-,7+,9+/m1/s1. The Morgan fingerprint density at radius 3 is 2.47 bits per heavy atom. The minimum atomic E-state index is -1.62. The molecule has 4 atom stereocenters. The Kier molecular flexibility index (Phi) is 2.36. The number of aldehydes is 1. The van der Waals surface area contributed by atoms with Crippen molar-refractivity contribution in [3.8, 4) is 0 Å². The SMILES string of the molecule is CC1(C)O[C@H]2O[C@@](C=O)(CO)[C@H](O)[C@H]2O1. The molecule has 2 aliphatic rings. The van der Waals surface area contributed by atoms with Crippen LogP contribution in [0.25, 0.3) is 0 Å². The van der Waals surface area contributed by atoms with Gasteiger partial charge in [-0.15, -0.1) is 0 Å². The Morgan fingerprint density at radius 1 is 1.33 bits per heavy atom. The van der Waals surface area contributed by atoms with Crippen LogP contribution < -0.4 is 0 Å². The van der Waals surface area contributed by atoms with Crippen LogP contribution in [0.15, 0.2) is 0 Å². The van der Waals surface area contributed by atoms with Crippen LogP contribution in [0.5, 0.6) is 0 Å². The van der Waals surface area contributed by atoms with Gasteiger partial charge in [-0.2, -0.15) is 0 Å². The molecule has 2 saturated heterocycles. The maximum atomic E-state index is 10.8. The summed E-state index contributed by atoms with van der Waals surface area (Å²) in [6, 6.07) is 0. The van der Waals surface area contributed by atoms with E-state index in [0.717, 1.165) is 0 Å². The van der Waals surface area contributed by atoms with E-state index < -0.39 is 36.5 Å². The van der Waals surface area contributed by atoms with Crippen LogP contribution in [0, 0.1) is 0 Å². The molecule has 2 N–H and O–H groups in total. The molecule has 0 radical (unpaired) electrons. The van der Waals surface area contributed by atoms with Gasteiger partial charge in [-0.1, -0.05) is 0 Å². The Bertz CT molecular complexity index is 278. The summed E-state index contributed by atoms with van der Waals surface area (Å²) in [5.74, 6) is -0.846. The van der Waals surface area contributed by atoms with Gasteiger partial charge in [0, 0.05) is 0 Å². The number of hydrogen-bond acceptors (Lipinski definition) is 6. The molecule has 0 amide bonds. The number of fused-ring (bicyclic) bond motifs is 1. The number of carbonyl (C=O) groups is 1. The number of hydrogen-bond donors (Lipinski definition) is 2. The van der Waals surface area contributed by atoms with Gasteiger partial charge in [0.25, 0.3) is 0 Å². The topological polar surface area (TPSA) is 85.2 Å². The predicted octanol–water partition coefficient (Wildman–Crippen LogP) is -1.21. The second-order valence-corrected chi connectivity index (χ2v) is 4.26. The Morgan fingerprint density at radius 2 is 2.00 bits per heavy atom. The molecule has 2 rings (SSSR count). The van der Waals surface area contributed by atoms with Crippen LogP contribution in [0.1, 0.15) is 13.8 Å². The smallest absolute Gasteiger partial charge is 0.191 e. The van der Waals surface area contributed by atoms with Crippen molar-refractivity contribution < 1.29 is 29.2 Å². The molecule has 86 valence electrons. The number of aliphatic hydroxyl groups excluding tert-OH is 2. The van der Waals surface area contributed by atoms with Crippen molar-refractivity contribution in [2.24, 2.45) is 0 Å². The van der Waals surface area contributed by atoms with Gasteiger partial charge >= 0.3 is 0 Å². The summed E-state index contributed by atoms with van der Waals surface area (Å²) < 4.78 is 15.9. The summed E-state index contributed by atoms with van der Waals surface area (Å²) in [6.45, 7) is 2.77. The molecule has 0 spiro atoms. The largest absolute Gasteiger partial charge is 0.393 e. The fourth-order valence-electron chi connectivity index (χ4n) is 1.89. The van der Waals surface area contributed by atoms with E-state index >= 15 is 0 Å². The van der Waals surface area contributed by atoms with Crippen molar-refractivity contribution >= 4 is 6.29 Å². The van der Waals surface area contributed by atoms with E-state index in [9.17, 15) is 9.90 Å². The lowest BCUT2D eigenvalue weighted by molar-refractivity contribution is -0.238. The highest BCUT2D eigenvalue weighted by atomic mass is 16.8. The van der Waals surface area contributed by atoms with Gasteiger partial charge < -0.3 is 24.4 Å². The first-order valence-corrected chi connectivity index (χ1v) is 4.73. The molecule has 0 bridgehead atoms. The molecular formula is C9H14O6. The summed E-state index contributed by atoms with van der Waals surface area (Å²) >= 11 is 0. The van der Waals surface area contributed by atoms with Crippen molar-refractivity contribution in [1.82, 2.24) is 0 Å². The molecule has 0 unspecified atom stereocenters. The highest BCUT2D eigenvalue weighted by Gasteiger charge is 2.61. The quantitative estimate of drug-likeness (QED) is 0.565. The zero-order valence-corrected chi connectivity index (χ0v) is 8.54. The van der Waals surface area contributed by atoms with Crippen LogP contribution >= 0.6 is 0 Å². The Balaban J connectivity index is 2.21. The second kappa shape index (κ2) is 3.23. The molecule has 0 aromatic rings. The summed E-state index contributed by atoms with van der Waals surface area (Å²) in [4.78, 5) is 10.8. The summed E-state index contributed by atoms with van der Waals surface area (Å²) in [7, 11) is 0. The van der Waals surface area contributed by atoms with E-state index in [1.807, 2.05) is 0 Å². The van der Waals surface area contributed by atoms with Crippen molar-refractivity contribution in [3.05, 3.63) is 0 Å². The Labute approximate surface area is 86.7 Å². The van der Waals surface area contributed by atoms with Crippen LogP contribution in [-0.4, -0.2) is 53.0 Å². The third kappa shape index (κ3) is 1.49. The first kappa shape index (κ1) is 11.0. The molecule has 0 aliphatic carbocycles. The van der Waals surface area contributed by atoms with Crippen molar-refractivity contribution in [3.63, 3.8) is 0 Å². The average Bonchev–Trinajstić information content (AvgIpc) is 2.59. The highest BCUT2D eigenvalue weighted by Crippen LogP contribution is 2.41. The van der Waals surface area contributed by atoms with Crippen molar-refractivity contribution in [2.75, 3.05) is 6.61 Å². The molecule has 0 aromatic heterocycles. The number of ether oxygens (including phenoxy) is 3. The molecule has 2 heterocycles.